The fourth-order valence-corrected chi connectivity index (χ4v) is 2.71. The highest BCUT2D eigenvalue weighted by molar-refractivity contribution is 7.98. The number of sulfonamides is 1. The van der Waals surface area contributed by atoms with Gasteiger partial charge in [0.25, 0.3) is 0 Å². The molecule has 0 aliphatic carbocycles. The number of carbonyl (C=O) groups is 1. The molecule has 10 heteroatoms. The number of hydrogen-bond acceptors (Lipinski definition) is 8. The maximum absolute atomic E-state index is 12.0. The molecule has 0 fully saturated rings. The van der Waals surface area contributed by atoms with Crippen LogP contribution < -0.4 is 9.46 Å². The summed E-state index contributed by atoms with van der Waals surface area (Å²) in [6.07, 6.45) is 4.18. The number of hydrogen-bond donors (Lipinski definition) is 1. The van der Waals surface area contributed by atoms with E-state index >= 15 is 0 Å². The van der Waals surface area contributed by atoms with Crippen LogP contribution in [0.15, 0.2) is 35.6 Å². The van der Waals surface area contributed by atoms with Crippen LogP contribution >= 0.6 is 11.8 Å². The monoisotopic (exact) mass is 383 g/mol. The van der Waals surface area contributed by atoms with Crippen molar-refractivity contribution >= 4 is 33.4 Å². The molecule has 0 bridgehead atoms. The van der Waals surface area contributed by atoms with Crippen molar-refractivity contribution in [3.63, 3.8) is 0 Å². The molecule has 1 N–H and O–H groups in total. The van der Waals surface area contributed by atoms with Crippen molar-refractivity contribution in [3.8, 4) is 11.6 Å². The highest BCUT2D eigenvalue weighted by atomic mass is 32.2. The van der Waals surface area contributed by atoms with E-state index in [1.54, 1.807) is 31.4 Å². The first-order chi connectivity index (χ1) is 11.8. The van der Waals surface area contributed by atoms with Crippen LogP contribution in [-0.4, -0.2) is 43.5 Å². The van der Waals surface area contributed by atoms with Crippen molar-refractivity contribution in [1.29, 1.82) is 0 Å². The third-order valence-electron chi connectivity index (χ3n) is 2.76. The quantitative estimate of drug-likeness (QED) is 0.441. The highest BCUT2D eigenvalue weighted by Gasteiger charge is 2.18. The van der Waals surface area contributed by atoms with Crippen LogP contribution in [0.4, 0.5) is 5.69 Å². The Balaban J connectivity index is 2.35. The molecule has 0 unspecified atom stereocenters. The summed E-state index contributed by atoms with van der Waals surface area (Å²) < 4.78 is 35.7. The van der Waals surface area contributed by atoms with E-state index < -0.39 is 16.0 Å². The van der Waals surface area contributed by atoms with Gasteiger partial charge in [-0.15, -0.1) is 0 Å². The Bertz CT molecular complexity index is 871. The van der Waals surface area contributed by atoms with E-state index in [0.29, 0.717) is 16.6 Å². The molecule has 0 aliphatic rings. The van der Waals surface area contributed by atoms with Crippen LogP contribution in [0, 0.1) is 0 Å². The number of nitrogens with zero attached hydrogens (tertiary/aromatic N) is 2. The molecule has 0 atom stereocenters. The second kappa shape index (κ2) is 8.17. The number of carbonyl (C=O) groups excluding carboxylic acids is 1. The summed E-state index contributed by atoms with van der Waals surface area (Å²) in [4.78, 5) is 20.3. The van der Waals surface area contributed by atoms with E-state index in [1.807, 2.05) is 0 Å². The molecule has 1 aromatic carbocycles. The van der Waals surface area contributed by atoms with Crippen LogP contribution in [0.25, 0.3) is 0 Å². The van der Waals surface area contributed by atoms with Crippen molar-refractivity contribution < 1.29 is 22.7 Å². The Morgan fingerprint density at radius 2 is 2.12 bits per heavy atom. The Morgan fingerprint density at radius 3 is 2.76 bits per heavy atom. The normalized spacial score (nSPS) is 11.0. The molecule has 0 saturated heterocycles. The zero-order valence-electron chi connectivity index (χ0n) is 13.8. The summed E-state index contributed by atoms with van der Waals surface area (Å²) in [6.45, 7) is 1.90. The van der Waals surface area contributed by atoms with Gasteiger partial charge in [-0.1, -0.05) is 17.8 Å². The number of thioether (sulfide) groups is 1. The third-order valence-corrected chi connectivity index (χ3v) is 3.93. The van der Waals surface area contributed by atoms with Gasteiger partial charge in [-0.3, -0.25) is 4.72 Å². The van der Waals surface area contributed by atoms with Gasteiger partial charge in [0.2, 0.25) is 15.9 Å². The topological polar surface area (TPSA) is 107 Å². The minimum atomic E-state index is -3.42. The number of benzene rings is 1. The predicted molar refractivity (Wildman–Crippen MR) is 94.8 cm³/mol. The summed E-state index contributed by atoms with van der Waals surface area (Å²) in [6, 6.07) is 6.29. The SMILES string of the molecule is CCOC(=O)c1cnc(SC)nc1Oc1cccc(NS(C)(=O)=O)c1. The van der Waals surface area contributed by atoms with Crippen molar-refractivity contribution in [2.45, 2.75) is 12.1 Å². The van der Waals surface area contributed by atoms with Gasteiger partial charge in [0.15, 0.2) is 5.16 Å². The Morgan fingerprint density at radius 1 is 1.36 bits per heavy atom. The Hall–Kier alpha value is -2.33. The fourth-order valence-electron chi connectivity index (χ4n) is 1.82. The van der Waals surface area contributed by atoms with Crippen molar-refractivity contribution in [1.82, 2.24) is 9.97 Å². The fraction of sp³-hybridized carbons (Fsp3) is 0.267. The molecule has 0 amide bonds. The lowest BCUT2D eigenvalue weighted by atomic mass is 10.3. The zero-order chi connectivity index (χ0) is 18.4. The van der Waals surface area contributed by atoms with E-state index in [9.17, 15) is 13.2 Å². The Kier molecular flexibility index (Phi) is 6.21. The average molecular weight is 383 g/mol. The van der Waals surface area contributed by atoms with E-state index in [2.05, 4.69) is 14.7 Å². The van der Waals surface area contributed by atoms with Gasteiger partial charge in [0, 0.05) is 12.3 Å². The van der Waals surface area contributed by atoms with Crippen LogP contribution in [0.2, 0.25) is 0 Å². The molecular weight excluding hydrogens is 366 g/mol. The van der Waals surface area contributed by atoms with Gasteiger partial charge in [-0.2, -0.15) is 4.98 Å². The average Bonchev–Trinajstić information content (AvgIpc) is 2.53. The number of nitrogens with one attached hydrogen (secondary N) is 1. The van der Waals surface area contributed by atoms with Gasteiger partial charge in [-0.05, 0) is 25.3 Å². The number of ether oxygens (including phenoxy) is 2. The molecule has 1 aromatic heterocycles. The predicted octanol–water partition coefficient (Wildman–Crippen LogP) is 2.54. The molecule has 134 valence electrons. The van der Waals surface area contributed by atoms with E-state index in [-0.39, 0.29) is 18.1 Å². The minimum Gasteiger partial charge on any atom is -0.462 e. The molecule has 8 nitrogen and oxygen atoms in total. The number of anilines is 1. The zero-order valence-corrected chi connectivity index (χ0v) is 15.5. The lowest BCUT2D eigenvalue weighted by Crippen LogP contribution is -2.10. The van der Waals surface area contributed by atoms with Crippen molar-refractivity contribution in [2.75, 3.05) is 23.8 Å². The molecule has 0 aliphatic heterocycles. The van der Waals surface area contributed by atoms with E-state index in [4.69, 9.17) is 9.47 Å². The lowest BCUT2D eigenvalue weighted by molar-refractivity contribution is 0.0521. The number of esters is 1. The molecule has 2 aromatic rings. The lowest BCUT2D eigenvalue weighted by Gasteiger charge is -2.11. The van der Waals surface area contributed by atoms with Crippen molar-refractivity contribution in [2.24, 2.45) is 0 Å². The third kappa shape index (κ3) is 5.61. The number of aromatic nitrogens is 2. The van der Waals surface area contributed by atoms with Crippen LogP contribution in [0.5, 0.6) is 11.6 Å². The largest absolute Gasteiger partial charge is 0.462 e. The first kappa shape index (κ1) is 19.0. The smallest absolute Gasteiger partial charge is 0.345 e. The van der Waals surface area contributed by atoms with Gasteiger partial charge in [0.05, 0.1) is 18.6 Å². The molecule has 0 spiro atoms. The number of rotatable bonds is 7. The highest BCUT2D eigenvalue weighted by Crippen LogP contribution is 2.27. The van der Waals surface area contributed by atoms with Gasteiger partial charge < -0.3 is 9.47 Å². The first-order valence-electron chi connectivity index (χ1n) is 7.16. The summed E-state index contributed by atoms with van der Waals surface area (Å²) in [5.74, 6) is -0.255. The van der Waals surface area contributed by atoms with Crippen LogP contribution in [0.3, 0.4) is 0 Å². The van der Waals surface area contributed by atoms with Crippen LogP contribution in [-0.2, 0) is 14.8 Å². The molecule has 25 heavy (non-hydrogen) atoms. The molecule has 0 saturated carbocycles. The molecular formula is C15H17N3O5S2. The Labute approximate surface area is 150 Å². The maximum atomic E-state index is 12.0. The second-order valence-corrected chi connectivity index (χ2v) is 7.32. The summed E-state index contributed by atoms with van der Waals surface area (Å²) in [5.41, 5.74) is 0.415. The maximum Gasteiger partial charge on any atom is 0.345 e. The van der Waals surface area contributed by atoms with Crippen LogP contribution in [0.1, 0.15) is 17.3 Å². The molecule has 2 rings (SSSR count). The summed E-state index contributed by atoms with van der Waals surface area (Å²) in [7, 11) is -3.42. The van der Waals surface area contributed by atoms with Crippen molar-refractivity contribution in [3.05, 3.63) is 36.0 Å². The van der Waals surface area contributed by atoms with E-state index in [1.165, 1.54) is 24.0 Å². The minimum absolute atomic E-state index is 0.0364. The standard InChI is InChI=1S/C15H17N3O5S2/c1-4-22-14(19)12-9-16-15(24-2)17-13(12)23-11-7-5-6-10(8-11)18-25(3,20)21/h5-9,18H,4H2,1-3H3. The molecule has 1 heterocycles. The van der Waals surface area contributed by atoms with Gasteiger partial charge in [0.1, 0.15) is 11.3 Å². The first-order valence-corrected chi connectivity index (χ1v) is 10.3. The van der Waals surface area contributed by atoms with E-state index in [0.717, 1.165) is 6.26 Å². The van der Waals surface area contributed by atoms with Gasteiger partial charge in [-0.25, -0.2) is 18.2 Å². The summed E-state index contributed by atoms with van der Waals surface area (Å²) >= 11 is 1.29. The second-order valence-electron chi connectivity index (χ2n) is 4.80. The summed E-state index contributed by atoms with van der Waals surface area (Å²) in [5, 5.41) is 0.425. The van der Waals surface area contributed by atoms with Gasteiger partial charge >= 0.3 is 5.97 Å². The molecule has 0 radical (unpaired) electrons.